The number of anilines is 6. The molecule has 790 valence electrons. The first kappa shape index (κ1) is 115. The van der Waals surface area contributed by atoms with Crippen molar-refractivity contribution in [1.82, 2.24) is 61.4 Å². The van der Waals surface area contributed by atoms with Crippen LogP contribution in [0.3, 0.4) is 0 Å². The highest BCUT2D eigenvalue weighted by molar-refractivity contribution is 6.06. The van der Waals surface area contributed by atoms with Gasteiger partial charge in [0.2, 0.25) is 41.4 Å². The summed E-state index contributed by atoms with van der Waals surface area (Å²) < 4.78 is 11.8. The third-order valence-corrected chi connectivity index (χ3v) is 25.3. The third-order valence-electron chi connectivity index (χ3n) is 25.3. The van der Waals surface area contributed by atoms with Crippen LogP contribution in [0.25, 0.3) is 10.9 Å². The number of amides is 13. The van der Waals surface area contributed by atoms with Crippen LogP contribution in [0.5, 0.6) is 0 Å². The van der Waals surface area contributed by atoms with Crippen molar-refractivity contribution in [3.63, 3.8) is 0 Å². The lowest BCUT2D eigenvalue weighted by Crippen LogP contribution is -2.47. The van der Waals surface area contributed by atoms with Crippen molar-refractivity contribution in [2.75, 3.05) is 33.2 Å². The number of carboxylic acid groups (broad SMARTS) is 2. The first-order valence-electron chi connectivity index (χ1n) is 49.6. The van der Waals surface area contributed by atoms with Crippen LogP contribution in [-0.2, 0) is 28.7 Å². The molecule has 15 rings (SSSR count). The second-order valence-electron chi connectivity index (χ2n) is 39.8. The normalized spacial score (nSPS) is 16.0. The maximum Gasteiger partial charge on any atom is 0.408 e. The van der Waals surface area contributed by atoms with Crippen molar-refractivity contribution in [3.8, 4) is 0 Å². The summed E-state index contributed by atoms with van der Waals surface area (Å²) in [6.45, 7) is 10.6. The monoisotopic (exact) mass is 2030 g/mol. The maximum absolute atomic E-state index is 13.5. The van der Waals surface area contributed by atoms with Gasteiger partial charge in [-0.25, -0.2) is 44.1 Å². The van der Waals surface area contributed by atoms with E-state index in [9.17, 15) is 81.8 Å². The number of aliphatic carboxylic acids is 1. The van der Waals surface area contributed by atoms with Gasteiger partial charge in [-0.1, -0.05) is 136 Å². The SMILES string of the molecule is C.CC(C)(C)OC(=O)NC(CC1CCCCC1)C(=O)Nc1ccc(C(N)=O)cn1.CC(C)(C)OC(=O)NC(CC1CCCCC1)C(=O)O.NC(=O)c1ccc(N)nc1.NC(=O)c1ccc(NC(=O)C(CC2CCCCC2)NC(=O)c2ccc(C(=O)NC3CC3)cc2N)nc1.NC(=O)c1ccc(NC(=O)C(CC2CCCCC2)n2cnc3cc(C(=O)NC4CC4)ccc3c2=O)nc1.Nc1cc(C(=O)NC2CC2)ccc1C(=O)O. The van der Waals surface area contributed by atoms with Gasteiger partial charge in [-0.3, -0.25) is 62.1 Å². The van der Waals surface area contributed by atoms with Crippen molar-refractivity contribution in [2.45, 2.75) is 295 Å². The largest absolute Gasteiger partial charge is 0.480 e. The summed E-state index contributed by atoms with van der Waals surface area (Å²) in [5, 5.41) is 43.1. The van der Waals surface area contributed by atoms with Crippen LogP contribution in [0.1, 0.15) is 341 Å². The van der Waals surface area contributed by atoms with Gasteiger partial charge < -0.3 is 108 Å². The number of nitrogens with one attached hydrogen (secondary N) is 9. The number of alkyl carbamates (subject to hydrolysis) is 2. The number of nitrogens with two attached hydrogens (primary N) is 7. The quantitative estimate of drug-likeness (QED) is 0.0179. The molecule has 4 atom stereocenters. The van der Waals surface area contributed by atoms with Crippen LogP contribution in [0.4, 0.5) is 44.2 Å². The summed E-state index contributed by atoms with van der Waals surface area (Å²) in [5.41, 5.74) is 39.2. The number of pyridine rings is 4. The smallest absolute Gasteiger partial charge is 0.408 e. The molecule has 42 nitrogen and oxygen atoms in total. The fraction of sp³-hybridized carbons (Fsp3) is 0.476. The molecule has 13 amide bonds. The maximum atomic E-state index is 13.5. The molecule has 4 unspecified atom stereocenters. The molecule has 7 aliphatic rings. The number of ether oxygens (including phenoxy) is 2. The molecule has 147 heavy (non-hydrogen) atoms. The van der Waals surface area contributed by atoms with E-state index < -0.39 is 94.9 Å². The first-order valence-corrected chi connectivity index (χ1v) is 49.6. The van der Waals surface area contributed by atoms with Crippen molar-refractivity contribution in [2.24, 2.45) is 46.6 Å². The Bertz CT molecular complexity index is 5980. The number of rotatable bonds is 31. The average molecular weight is 2030 g/mol. The second kappa shape index (κ2) is 55.0. The van der Waals surface area contributed by atoms with E-state index in [4.69, 9.17) is 54.7 Å². The Morgan fingerprint density at radius 2 is 0.701 bits per heavy atom. The van der Waals surface area contributed by atoms with Crippen LogP contribution in [0.15, 0.2) is 139 Å². The molecule has 42 heteroatoms. The van der Waals surface area contributed by atoms with Crippen molar-refractivity contribution in [1.29, 1.82) is 0 Å². The molecular weight excluding hydrogens is 1890 g/mol. The molecule has 0 aliphatic heterocycles. The van der Waals surface area contributed by atoms with Gasteiger partial charge in [0.1, 0.15) is 58.6 Å². The summed E-state index contributed by atoms with van der Waals surface area (Å²) in [7, 11) is 0. The highest BCUT2D eigenvalue weighted by atomic mass is 16.6. The topological polar surface area (TPSA) is 692 Å². The lowest BCUT2D eigenvalue weighted by Gasteiger charge is -2.27. The number of aromatic carboxylic acids is 1. The van der Waals surface area contributed by atoms with Gasteiger partial charge in [-0.15, -0.1) is 0 Å². The summed E-state index contributed by atoms with van der Waals surface area (Å²) in [5.74, 6) is -4.07. The number of hydrogen-bond donors (Lipinski definition) is 18. The Kier molecular flexibility index (Phi) is 43.0. The Labute approximate surface area is 852 Å². The number of hydrogen-bond acceptors (Lipinski definition) is 26. The molecule has 0 spiro atoms. The molecule has 0 radical (unpaired) electrons. The number of carbonyl (C=O) groups is 15. The number of carbonyl (C=O) groups excluding carboxylic acids is 13. The second-order valence-corrected chi connectivity index (χ2v) is 39.8. The van der Waals surface area contributed by atoms with Gasteiger partial charge in [0.25, 0.3) is 29.2 Å². The van der Waals surface area contributed by atoms with Crippen LogP contribution >= 0.6 is 0 Å². The zero-order valence-corrected chi connectivity index (χ0v) is 83.2. The molecule has 8 aromatic rings. The van der Waals surface area contributed by atoms with E-state index in [1.165, 1.54) is 140 Å². The number of fused-ring (bicyclic) bond motifs is 1. The summed E-state index contributed by atoms with van der Waals surface area (Å²) in [4.78, 5) is 213. The highest BCUT2D eigenvalue weighted by Crippen LogP contribution is 2.35. The molecule has 7 aliphatic carbocycles. The highest BCUT2D eigenvalue weighted by Gasteiger charge is 2.36. The minimum atomic E-state index is -1.09. The number of benzene rings is 3. The molecule has 0 bridgehead atoms. The number of aromatic nitrogens is 6. The molecule has 25 N–H and O–H groups in total. The molecule has 5 heterocycles. The van der Waals surface area contributed by atoms with E-state index >= 15 is 0 Å². The van der Waals surface area contributed by atoms with Crippen LogP contribution in [0.2, 0.25) is 0 Å². The van der Waals surface area contributed by atoms with Crippen molar-refractivity contribution < 1.29 is 91.6 Å². The molecule has 5 aromatic heterocycles. The van der Waals surface area contributed by atoms with E-state index in [0.717, 1.165) is 141 Å². The lowest BCUT2D eigenvalue weighted by atomic mass is 9.84. The van der Waals surface area contributed by atoms with Crippen LogP contribution in [-0.4, -0.2) is 176 Å². The zero-order valence-electron chi connectivity index (χ0n) is 83.2. The fourth-order valence-electron chi connectivity index (χ4n) is 17.0. The Morgan fingerprint density at radius 1 is 0.374 bits per heavy atom. The Balaban J connectivity index is 0.000000204. The average Bonchev–Trinajstić information content (AvgIpc) is 1.46. The summed E-state index contributed by atoms with van der Waals surface area (Å²) >= 11 is 0. The summed E-state index contributed by atoms with van der Waals surface area (Å²) in [6, 6.07) is 23.1. The van der Waals surface area contributed by atoms with Crippen LogP contribution < -0.4 is 93.5 Å². The van der Waals surface area contributed by atoms with Gasteiger partial charge in [0.15, 0.2) is 0 Å². The van der Waals surface area contributed by atoms with Gasteiger partial charge in [0.05, 0.1) is 50.6 Å². The molecule has 7 fully saturated rings. The standard InChI is InChI=1S/C27H30N6O4.C26H32N6O4.C20H30N4O4.C14H25NO4.C11H12N2O3.C6H7N3O.CH4/c28-24(34)18-7-11-23(29-14-18)32-26(36)22(12-16-4-2-1-3-5-16)33-15-30-21-13-17(6-10-20(21)27(33)37)25(35)31-19-8-9-19;27-20-13-16(24(34)30-18-8-9-18)6-10-19(20)25(35)31-21(12-15-4-2-1-3-5-15)26(36)32-22-11-7-17(14-29-22)23(28)33;1-20(2,3)28-19(27)23-15(11-13-7-5-4-6-8-13)18(26)24-16-10-9-14(12-22-16)17(21)25;1-14(2,3)19-13(18)15-11(12(16)17)9-10-7-5-4-6-8-10;12-9-5-6(1-4-8(9)11(15)16)10(14)13-7-2-3-7;7-5-2-1-4(3-9-5)6(8)10;/h6-7,10-11,13-16,19,22H,1-5,8-9,12H2,(H2,28,34)(H,31,35)(H,29,32,36);6-7,10-11,13-15,18,21H,1-5,8-9,12,27H2,(H2,28,33)(H,30,34)(H,31,35)(H,29,32,36);9-10,12-13,15H,4-8,11H2,1-3H3,(H2,21,25)(H,23,27)(H,22,24,26);10-11H,4-9H2,1-3H3,(H,15,18)(H,16,17);1,4-5,7H,2-3,12H2,(H,13,14)(H,15,16);1-3H,(H2,7,9)(H2,8,10);1H4. The molecular formula is C105H140N22O20. The lowest BCUT2D eigenvalue weighted by molar-refractivity contribution is -0.140. The van der Waals surface area contributed by atoms with E-state index in [0.29, 0.717) is 88.3 Å². The number of nitrogen functional groups attached to an aromatic ring is 3. The van der Waals surface area contributed by atoms with Gasteiger partial charge in [-0.05, 0) is 233 Å². The number of carboxylic acids is 2. The fourth-order valence-corrected chi connectivity index (χ4v) is 17.0. The van der Waals surface area contributed by atoms with E-state index in [1.54, 1.807) is 65.8 Å². The van der Waals surface area contributed by atoms with Crippen molar-refractivity contribution >= 4 is 135 Å². The minimum Gasteiger partial charge on any atom is -0.480 e. The van der Waals surface area contributed by atoms with Crippen molar-refractivity contribution in [3.05, 3.63) is 195 Å². The third kappa shape index (κ3) is 38.8. The van der Waals surface area contributed by atoms with E-state index in [2.05, 4.69) is 72.8 Å². The number of primary amides is 4. The van der Waals surface area contributed by atoms with Gasteiger partial charge in [-0.2, -0.15) is 0 Å². The molecule has 0 saturated heterocycles. The van der Waals surface area contributed by atoms with Crippen LogP contribution in [0, 0.1) is 23.7 Å². The van der Waals surface area contributed by atoms with E-state index in [1.807, 2.05) is 0 Å². The minimum absolute atomic E-state index is 0. The van der Waals surface area contributed by atoms with E-state index in [-0.39, 0.29) is 117 Å². The zero-order chi connectivity index (χ0) is 106. The predicted octanol–water partition coefficient (Wildman–Crippen LogP) is 12.5. The Hall–Kier alpha value is -15.6. The predicted molar refractivity (Wildman–Crippen MR) is 553 cm³/mol. The molecule has 7 saturated carbocycles. The molecule has 3 aromatic carbocycles. The summed E-state index contributed by atoms with van der Waals surface area (Å²) in [6.07, 6.45) is 35.3. The number of nitrogens with zero attached hydrogens (tertiary/aromatic N) is 6. The van der Waals surface area contributed by atoms with Gasteiger partial charge >= 0.3 is 24.1 Å². The van der Waals surface area contributed by atoms with Gasteiger partial charge in [0, 0.05) is 71.0 Å². The first-order chi connectivity index (χ1) is 69.4. The Morgan fingerprint density at radius 3 is 1.03 bits per heavy atom.